The Morgan fingerprint density at radius 1 is 1.20 bits per heavy atom. The number of carbonyl (C=O) groups is 1. The molecule has 0 bridgehead atoms. The van der Waals surface area contributed by atoms with E-state index in [1.165, 1.54) is 6.07 Å². The Bertz CT molecular complexity index is 770. The quantitative estimate of drug-likeness (QED) is 0.443. The molecule has 0 N–H and O–H groups in total. The zero-order valence-corrected chi connectivity index (χ0v) is 15.0. The van der Waals surface area contributed by atoms with Gasteiger partial charge in [-0.3, -0.25) is 0 Å². The highest BCUT2D eigenvalue weighted by Crippen LogP contribution is 2.24. The van der Waals surface area contributed by atoms with Crippen LogP contribution in [0.15, 0.2) is 41.4 Å². The summed E-state index contributed by atoms with van der Waals surface area (Å²) in [4.78, 5) is 18.2. The van der Waals surface area contributed by atoms with Gasteiger partial charge in [-0.2, -0.15) is 0 Å². The minimum atomic E-state index is -0.543. The van der Waals surface area contributed by atoms with Crippen LogP contribution in [0.25, 0.3) is 0 Å². The molecule has 25 heavy (non-hydrogen) atoms. The zero-order valence-electron chi connectivity index (χ0n) is 15.0. The summed E-state index contributed by atoms with van der Waals surface area (Å²) in [6.45, 7) is 6.44. The summed E-state index contributed by atoms with van der Waals surface area (Å²) in [6, 6.07) is 10.7. The van der Waals surface area contributed by atoms with Crippen LogP contribution in [0.3, 0.4) is 0 Å². The van der Waals surface area contributed by atoms with Crippen molar-refractivity contribution in [1.29, 1.82) is 0 Å². The molecule has 0 fully saturated rings. The number of halogens is 1. The van der Waals surface area contributed by atoms with E-state index < -0.39 is 11.8 Å². The Balaban J connectivity index is 2.10. The van der Waals surface area contributed by atoms with E-state index in [2.05, 4.69) is 4.99 Å². The second-order valence-electron chi connectivity index (χ2n) is 5.95. The average molecular weight is 342 g/mol. The third kappa shape index (κ3) is 4.89. The molecule has 2 aromatic rings. The largest absolute Gasteiger partial charge is 0.457 e. The summed E-state index contributed by atoms with van der Waals surface area (Å²) in [7, 11) is 1.85. The highest BCUT2D eigenvalue weighted by Gasteiger charge is 2.16. The molecule has 0 aromatic heterocycles. The molecule has 2 rings (SSSR count). The lowest BCUT2D eigenvalue weighted by molar-refractivity contribution is 0.0471. The van der Waals surface area contributed by atoms with Gasteiger partial charge in [0.15, 0.2) is 5.82 Å². The molecule has 2 aromatic carbocycles. The van der Waals surface area contributed by atoms with Crippen molar-refractivity contribution >= 4 is 18.0 Å². The molecule has 0 atom stereocenters. The van der Waals surface area contributed by atoms with Gasteiger partial charge < -0.3 is 9.64 Å². The molecule has 4 nitrogen and oxygen atoms in total. The zero-order chi connectivity index (χ0) is 18.4. The number of carbonyl (C=O) groups excluding carboxylic acids is 1. The first kappa shape index (κ1) is 18.6. The molecular weight excluding hydrogens is 319 g/mol. The van der Waals surface area contributed by atoms with Gasteiger partial charge in [-0.25, -0.2) is 14.2 Å². The van der Waals surface area contributed by atoms with E-state index in [-0.39, 0.29) is 23.4 Å². The molecule has 0 aliphatic heterocycles. The molecular formula is C20H23FN2O2. The highest BCUT2D eigenvalue weighted by molar-refractivity contribution is 5.91. The van der Waals surface area contributed by atoms with E-state index in [1.807, 2.05) is 50.1 Å². The molecule has 132 valence electrons. The van der Waals surface area contributed by atoms with Crippen molar-refractivity contribution in [3.63, 3.8) is 0 Å². The monoisotopic (exact) mass is 342 g/mol. The third-order valence-electron chi connectivity index (χ3n) is 3.97. The van der Waals surface area contributed by atoms with Gasteiger partial charge >= 0.3 is 5.97 Å². The fourth-order valence-electron chi connectivity index (χ4n) is 2.14. The SMILES string of the molecule is CCN(C)/C=N/c1ccc(C(=O)OCc2ccc(C)cc2)c(C)c1F. The van der Waals surface area contributed by atoms with E-state index in [4.69, 9.17) is 4.74 Å². The smallest absolute Gasteiger partial charge is 0.338 e. The lowest BCUT2D eigenvalue weighted by Crippen LogP contribution is -2.14. The predicted octanol–water partition coefficient (Wildman–Crippen LogP) is 4.41. The van der Waals surface area contributed by atoms with Gasteiger partial charge in [0.1, 0.15) is 12.3 Å². The van der Waals surface area contributed by atoms with Crippen molar-refractivity contribution in [1.82, 2.24) is 4.90 Å². The Morgan fingerprint density at radius 3 is 2.52 bits per heavy atom. The summed E-state index contributed by atoms with van der Waals surface area (Å²) in [6.07, 6.45) is 1.56. The van der Waals surface area contributed by atoms with Crippen LogP contribution in [-0.2, 0) is 11.3 Å². The van der Waals surface area contributed by atoms with Crippen molar-refractivity contribution in [2.75, 3.05) is 13.6 Å². The van der Waals surface area contributed by atoms with Gasteiger partial charge in [0, 0.05) is 19.2 Å². The minimum absolute atomic E-state index is 0.154. The molecule has 0 amide bonds. The van der Waals surface area contributed by atoms with Gasteiger partial charge in [-0.15, -0.1) is 0 Å². The van der Waals surface area contributed by atoms with Gasteiger partial charge in [0.25, 0.3) is 0 Å². The Kier molecular flexibility index (Phi) is 6.28. The first-order chi connectivity index (χ1) is 11.9. The number of aliphatic imine (C=N–C) groups is 1. The van der Waals surface area contributed by atoms with E-state index in [1.54, 1.807) is 19.3 Å². The second kappa shape index (κ2) is 8.42. The Morgan fingerprint density at radius 2 is 1.88 bits per heavy atom. The van der Waals surface area contributed by atoms with Gasteiger partial charge in [-0.05, 0) is 38.5 Å². The number of aryl methyl sites for hydroxylation is 1. The molecule has 0 heterocycles. The second-order valence-corrected chi connectivity index (χ2v) is 5.95. The summed E-state index contributed by atoms with van der Waals surface area (Å²) < 4.78 is 19.7. The van der Waals surface area contributed by atoms with Gasteiger partial charge in [-0.1, -0.05) is 29.8 Å². The minimum Gasteiger partial charge on any atom is -0.457 e. The Labute approximate surface area is 148 Å². The summed E-state index contributed by atoms with van der Waals surface area (Å²) >= 11 is 0. The van der Waals surface area contributed by atoms with E-state index >= 15 is 0 Å². The maximum atomic E-state index is 14.4. The lowest BCUT2D eigenvalue weighted by Gasteiger charge is -2.11. The van der Waals surface area contributed by atoms with Crippen molar-refractivity contribution < 1.29 is 13.9 Å². The van der Waals surface area contributed by atoms with Crippen molar-refractivity contribution in [2.24, 2.45) is 4.99 Å². The van der Waals surface area contributed by atoms with Crippen LogP contribution >= 0.6 is 0 Å². The topological polar surface area (TPSA) is 41.9 Å². The lowest BCUT2D eigenvalue weighted by atomic mass is 10.1. The number of hydrogen-bond donors (Lipinski definition) is 0. The maximum Gasteiger partial charge on any atom is 0.338 e. The normalized spacial score (nSPS) is 10.9. The number of nitrogens with zero attached hydrogens (tertiary/aromatic N) is 2. The van der Waals surface area contributed by atoms with Crippen molar-refractivity contribution in [2.45, 2.75) is 27.4 Å². The Hall–Kier alpha value is -2.69. The number of esters is 1. The average Bonchev–Trinajstić information content (AvgIpc) is 2.62. The van der Waals surface area contributed by atoms with Crippen LogP contribution in [0.5, 0.6) is 0 Å². The van der Waals surface area contributed by atoms with Gasteiger partial charge in [0.2, 0.25) is 0 Å². The van der Waals surface area contributed by atoms with E-state index in [0.29, 0.717) is 0 Å². The number of hydrogen-bond acceptors (Lipinski definition) is 3. The summed E-state index contributed by atoms with van der Waals surface area (Å²) in [5.74, 6) is -1.05. The van der Waals surface area contributed by atoms with Crippen LogP contribution in [-0.4, -0.2) is 30.8 Å². The van der Waals surface area contributed by atoms with E-state index in [9.17, 15) is 9.18 Å². The number of benzene rings is 2. The van der Waals surface area contributed by atoms with Gasteiger partial charge in [0.05, 0.1) is 11.9 Å². The van der Waals surface area contributed by atoms with Crippen LogP contribution in [0.1, 0.15) is 34.0 Å². The maximum absolute atomic E-state index is 14.4. The molecule has 0 spiro atoms. The number of rotatable bonds is 6. The van der Waals surface area contributed by atoms with Crippen LogP contribution in [0.4, 0.5) is 10.1 Å². The van der Waals surface area contributed by atoms with Crippen molar-refractivity contribution in [3.8, 4) is 0 Å². The fraction of sp³-hybridized carbons (Fsp3) is 0.300. The van der Waals surface area contributed by atoms with Crippen LogP contribution < -0.4 is 0 Å². The first-order valence-electron chi connectivity index (χ1n) is 8.18. The first-order valence-corrected chi connectivity index (χ1v) is 8.18. The summed E-state index contributed by atoms with van der Waals surface area (Å²) in [5.41, 5.74) is 2.68. The highest BCUT2D eigenvalue weighted by atomic mass is 19.1. The molecule has 0 saturated heterocycles. The molecule has 5 heteroatoms. The molecule has 0 radical (unpaired) electrons. The molecule has 0 aliphatic carbocycles. The molecule has 0 saturated carbocycles. The van der Waals surface area contributed by atoms with Crippen molar-refractivity contribution in [3.05, 3.63) is 64.5 Å². The molecule has 0 aliphatic rings. The number of ether oxygens (including phenoxy) is 1. The predicted molar refractivity (Wildman–Crippen MR) is 97.9 cm³/mol. The molecule has 0 unspecified atom stereocenters. The third-order valence-corrected chi connectivity index (χ3v) is 3.97. The summed E-state index contributed by atoms with van der Waals surface area (Å²) in [5, 5.41) is 0. The van der Waals surface area contributed by atoms with Crippen LogP contribution in [0.2, 0.25) is 0 Å². The fourth-order valence-corrected chi connectivity index (χ4v) is 2.14. The van der Waals surface area contributed by atoms with E-state index in [0.717, 1.165) is 17.7 Å². The standard InChI is InChI=1S/C20H23FN2O2/c1-5-23(4)13-22-18-11-10-17(15(3)19(18)21)20(24)25-12-16-8-6-14(2)7-9-16/h6-11,13H,5,12H2,1-4H3/b22-13+. The van der Waals surface area contributed by atoms with Crippen LogP contribution in [0, 0.1) is 19.7 Å².